The first-order valence-electron chi connectivity index (χ1n) is 5.41. The second-order valence-electron chi connectivity index (χ2n) is 3.53. The molecule has 2 atom stereocenters. The molecule has 0 saturated carbocycles. The van der Waals surface area contributed by atoms with Crippen molar-refractivity contribution in [3.8, 4) is 0 Å². The molecule has 0 radical (unpaired) electrons. The van der Waals surface area contributed by atoms with Gasteiger partial charge >= 0.3 is 5.97 Å². The van der Waals surface area contributed by atoms with Crippen molar-refractivity contribution >= 4 is 5.97 Å². The van der Waals surface area contributed by atoms with Crippen molar-refractivity contribution in [1.82, 2.24) is 0 Å². The highest BCUT2D eigenvalue weighted by atomic mass is 16.5. The molecule has 0 heterocycles. The molecule has 4 N–H and O–H groups in total. The first-order valence-corrected chi connectivity index (χ1v) is 5.41. The molecule has 0 aliphatic carbocycles. The summed E-state index contributed by atoms with van der Waals surface area (Å²) in [6.07, 6.45) is -1.39. The van der Waals surface area contributed by atoms with Gasteiger partial charge in [-0.3, -0.25) is 4.79 Å². The lowest BCUT2D eigenvalue weighted by molar-refractivity contribution is -0.147. The number of esters is 1. The summed E-state index contributed by atoms with van der Waals surface area (Å²) < 4.78 is 9.63. The van der Waals surface area contributed by atoms with Gasteiger partial charge in [0, 0.05) is 13.0 Å². The summed E-state index contributed by atoms with van der Waals surface area (Å²) in [5, 5.41) is 34.8. The summed E-state index contributed by atoms with van der Waals surface area (Å²) in [5.74, 6) is -0.483. The highest BCUT2D eigenvalue weighted by Gasteiger charge is 2.07. The largest absolute Gasteiger partial charge is 0.463 e. The summed E-state index contributed by atoms with van der Waals surface area (Å²) in [6, 6.07) is 0. The van der Waals surface area contributed by atoms with E-state index in [4.69, 9.17) is 25.2 Å². The Balaban J connectivity index is 3.33. The monoisotopic (exact) mass is 252 g/mol. The SMILES string of the molecule is O=C(CCCOCC(O)CO)OCC(O)CO. The number of ether oxygens (including phenoxy) is 2. The van der Waals surface area contributed by atoms with E-state index < -0.39 is 24.8 Å². The Hall–Kier alpha value is -0.730. The van der Waals surface area contributed by atoms with Crippen LogP contribution >= 0.6 is 0 Å². The van der Waals surface area contributed by atoms with Crippen LogP contribution in [0.25, 0.3) is 0 Å². The molecule has 17 heavy (non-hydrogen) atoms. The minimum atomic E-state index is -1.05. The van der Waals surface area contributed by atoms with E-state index >= 15 is 0 Å². The van der Waals surface area contributed by atoms with Gasteiger partial charge in [-0.25, -0.2) is 0 Å². The minimum Gasteiger partial charge on any atom is -0.463 e. The van der Waals surface area contributed by atoms with E-state index in [0.717, 1.165) is 0 Å². The van der Waals surface area contributed by atoms with Gasteiger partial charge in [-0.15, -0.1) is 0 Å². The zero-order valence-electron chi connectivity index (χ0n) is 9.62. The van der Waals surface area contributed by atoms with E-state index in [1.54, 1.807) is 0 Å². The average molecular weight is 252 g/mol. The molecule has 0 aromatic carbocycles. The first kappa shape index (κ1) is 16.3. The van der Waals surface area contributed by atoms with Gasteiger partial charge in [-0.05, 0) is 6.42 Å². The molecular weight excluding hydrogens is 232 g/mol. The van der Waals surface area contributed by atoms with Crippen molar-refractivity contribution < 1.29 is 34.7 Å². The number of aliphatic hydroxyl groups is 4. The van der Waals surface area contributed by atoms with Crippen molar-refractivity contribution in [3.63, 3.8) is 0 Å². The zero-order valence-corrected chi connectivity index (χ0v) is 9.62. The normalized spacial score (nSPS) is 14.4. The van der Waals surface area contributed by atoms with Crippen molar-refractivity contribution in [2.24, 2.45) is 0 Å². The fourth-order valence-corrected chi connectivity index (χ4v) is 0.905. The van der Waals surface area contributed by atoms with Crippen LogP contribution in [-0.2, 0) is 14.3 Å². The smallest absolute Gasteiger partial charge is 0.305 e. The molecule has 0 aliphatic rings. The zero-order chi connectivity index (χ0) is 13.1. The van der Waals surface area contributed by atoms with E-state index in [-0.39, 0.29) is 32.8 Å². The first-order chi connectivity index (χ1) is 8.10. The summed E-state index contributed by atoms with van der Waals surface area (Å²) in [7, 11) is 0. The Morgan fingerprint density at radius 1 is 1.06 bits per heavy atom. The summed E-state index contributed by atoms with van der Waals surface area (Å²) >= 11 is 0. The second kappa shape index (κ2) is 10.4. The second-order valence-corrected chi connectivity index (χ2v) is 3.53. The van der Waals surface area contributed by atoms with Gasteiger partial charge in [0.1, 0.15) is 18.8 Å². The van der Waals surface area contributed by atoms with Crippen LogP contribution in [0.1, 0.15) is 12.8 Å². The Morgan fingerprint density at radius 2 is 1.65 bits per heavy atom. The number of carbonyl (C=O) groups is 1. The predicted molar refractivity (Wildman–Crippen MR) is 57.2 cm³/mol. The predicted octanol–water partition coefficient (Wildman–Crippen LogP) is -1.97. The Kier molecular flexibility index (Phi) is 9.98. The molecule has 0 bridgehead atoms. The summed E-state index contributed by atoms with van der Waals surface area (Å²) in [5.41, 5.74) is 0. The van der Waals surface area contributed by atoms with Crippen molar-refractivity contribution in [3.05, 3.63) is 0 Å². The van der Waals surface area contributed by atoms with Crippen molar-refractivity contribution in [1.29, 1.82) is 0 Å². The van der Waals surface area contributed by atoms with E-state index in [2.05, 4.69) is 4.74 Å². The molecule has 0 saturated heterocycles. The maximum absolute atomic E-state index is 11.1. The number of aliphatic hydroxyl groups excluding tert-OH is 4. The fraction of sp³-hybridized carbons (Fsp3) is 0.900. The molecule has 0 spiro atoms. The molecule has 0 amide bonds. The highest BCUT2D eigenvalue weighted by molar-refractivity contribution is 5.69. The molecule has 0 aromatic rings. The van der Waals surface area contributed by atoms with Crippen LogP contribution in [0.4, 0.5) is 0 Å². The third-order valence-electron chi connectivity index (χ3n) is 1.84. The van der Waals surface area contributed by atoms with Crippen molar-refractivity contribution in [2.75, 3.05) is 33.0 Å². The van der Waals surface area contributed by atoms with Crippen LogP contribution in [0.3, 0.4) is 0 Å². The van der Waals surface area contributed by atoms with Gasteiger partial charge in [0.15, 0.2) is 0 Å². The van der Waals surface area contributed by atoms with Crippen LogP contribution in [0.2, 0.25) is 0 Å². The Bertz CT molecular complexity index is 197. The third kappa shape index (κ3) is 10.2. The fourth-order valence-electron chi connectivity index (χ4n) is 0.905. The Labute approximate surface area is 99.6 Å². The number of carbonyl (C=O) groups excluding carboxylic acids is 1. The lowest BCUT2D eigenvalue weighted by Crippen LogP contribution is -2.22. The van der Waals surface area contributed by atoms with Gasteiger partial charge in [0.05, 0.1) is 19.8 Å². The molecule has 102 valence electrons. The van der Waals surface area contributed by atoms with Gasteiger partial charge in [0.2, 0.25) is 0 Å². The molecule has 7 nitrogen and oxygen atoms in total. The maximum atomic E-state index is 11.1. The van der Waals surface area contributed by atoms with E-state index in [0.29, 0.717) is 6.42 Å². The third-order valence-corrected chi connectivity index (χ3v) is 1.84. The topological polar surface area (TPSA) is 116 Å². The lowest BCUT2D eigenvalue weighted by atomic mass is 10.3. The number of rotatable bonds is 10. The summed E-state index contributed by atoms with van der Waals surface area (Å²) in [4.78, 5) is 11.1. The van der Waals surface area contributed by atoms with E-state index in [1.165, 1.54) is 0 Å². The summed E-state index contributed by atoms with van der Waals surface area (Å²) in [6.45, 7) is -0.737. The van der Waals surface area contributed by atoms with Crippen LogP contribution < -0.4 is 0 Å². The van der Waals surface area contributed by atoms with E-state index in [9.17, 15) is 4.79 Å². The minimum absolute atomic E-state index is 0.0226. The average Bonchev–Trinajstić information content (AvgIpc) is 2.34. The molecule has 0 aliphatic heterocycles. The standard InChI is InChI=1S/C10H20O7/c11-4-8(13)6-16-3-1-2-10(15)17-7-9(14)5-12/h8-9,11-14H,1-7H2. The van der Waals surface area contributed by atoms with Crippen LogP contribution in [0, 0.1) is 0 Å². The maximum Gasteiger partial charge on any atom is 0.305 e. The molecule has 0 aromatic heterocycles. The molecular formula is C10H20O7. The van der Waals surface area contributed by atoms with Crippen molar-refractivity contribution in [2.45, 2.75) is 25.0 Å². The van der Waals surface area contributed by atoms with Crippen LogP contribution in [-0.4, -0.2) is 71.6 Å². The lowest BCUT2D eigenvalue weighted by Gasteiger charge is -2.09. The molecule has 7 heteroatoms. The van der Waals surface area contributed by atoms with Gasteiger partial charge in [-0.2, -0.15) is 0 Å². The van der Waals surface area contributed by atoms with Crippen LogP contribution in [0.15, 0.2) is 0 Å². The van der Waals surface area contributed by atoms with Gasteiger partial charge in [-0.1, -0.05) is 0 Å². The number of hydrogen-bond donors (Lipinski definition) is 4. The van der Waals surface area contributed by atoms with Gasteiger partial charge < -0.3 is 29.9 Å². The van der Waals surface area contributed by atoms with E-state index in [1.807, 2.05) is 0 Å². The molecule has 0 fully saturated rings. The molecule has 0 rings (SSSR count). The number of hydrogen-bond acceptors (Lipinski definition) is 7. The molecule has 2 unspecified atom stereocenters. The Morgan fingerprint density at radius 3 is 2.24 bits per heavy atom. The highest BCUT2D eigenvalue weighted by Crippen LogP contribution is 1.96. The van der Waals surface area contributed by atoms with Crippen LogP contribution in [0.5, 0.6) is 0 Å². The quantitative estimate of drug-likeness (QED) is 0.263. The van der Waals surface area contributed by atoms with Gasteiger partial charge in [0.25, 0.3) is 0 Å².